The molecule has 6 rings (SSSR count). The molecule has 4 aromatic rings. The summed E-state index contributed by atoms with van der Waals surface area (Å²) in [5.41, 5.74) is 5.17. The van der Waals surface area contributed by atoms with Gasteiger partial charge in [0, 0.05) is 36.3 Å². The lowest BCUT2D eigenvalue weighted by atomic mass is 9.98. The van der Waals surface area contributed by atoms with E-state index in [1.54, 1.807) is 26.0 Å². The molecule has 0 saturated carbocycles. The van der Waals surface area contributed by atoms with Crippen molar-refractivity contribution in [3.8, 4) is 11.1 Å². The summed E-state index contributed by atoms with van der Waals surface area (Å²) in [5, 5.41) is 18.1. The van der Waals surface area contributed by atoms with Gasteiger partial charge in [-0.15, -0.1) is 0 Å². The third-order valence-corrected chi connectivity index (χ3v) is 8.98. The van der Waals surface area contributed by atoms with Gasteiger partial charge in [-0.1, -0.05) is 96.5 Å². The fraction of sp³-hybridized carbons (Fsp3) is 0.316. The summed E-state index contributed by atoms with van der Waals surface area (Å²) in [6.07, 6.45) is -0.976. The Balaban J connectivity index is 1.09. The lowest BCUT2D eigenvalue weighted by Crippen LogP contribution is -2.51. The van der Waals surface area contributed by atoms with E-state index < -0.39 is 24.2 Å². The number of hydrogen-bond acceptors (Lipinski definition) is 6. The molecule has 2 saturated heterocycles. The highest BCUT2D eigenvalue weighted by Crippen LogP contribution is 2.38. The van der Waals surface area contributed by atoms with E-state index in [0.29, 0.717) is 23.7 Å². The van der Waals surface area contributed by atoms with Crippen molar-refractivity contribution in [1.29, 1.82) is 0 Å². The minimum Gasteiger partial charge on any atom is -0.375 e. The Morgan fingerprint density at radius 2 is 1.62 bits per heavy atom. The van der Waals surface area contributed by atoms with Gasteiger partial charge in [0.2, 0.25) is 0 Å². The highest BCUT2D eigenvalue weighted by molar-refractivity contribution is 6.30. The van der Waals surface area contributed by atoms with Crippen LogP contribution in [-0.2, 0) is 27.4 Å². The van der Waals surface area contributed by atoms with Crippen LogP contribution >= 0.6 is 11.6 Å². The van der Waals surface area contributed by atoms with Crippen molar-refractivity contribution in [3.63, 3.8) is 0 Å². The Morgan fingerprint density at radius 3 is 2.38 bits per heavy atom. The zero-order chi connectivity index (χ0) is 33.0. The Labute approximate surface area is 280 Å². The molecule has 244 valence electrons. The maximum absolute atomic E-state index is 13.5. The molecule has 3 N–H and O–H groups in total. The van der Waals surface area contributed by atoms with Crippen molar-refractivity contribution < 1.29 is 24.2 Å². The Kier molecular flexibility index (Phi) is 10.1. The van der Waals surface area contributed by atoms with Crippen molar-refractivity contribution >= 4 is 23.4 Å². The number of hydrogen-bond donors (Lipinski definition) is 3. The van der Waals surface area contributed by atoms with Crippen molar-refractivity contribution in [2.75, 3.05) is 6.54 Å². The first-order valence-corrected chi connectivity index (χ1v) is 16.4. The average Bonchev–Trinajstić information content (AvgIpc) is 3.71. The number of halogens is 1. The van der Waals surface area contributed by atoms with Gasteiger partial charge in [0.1, 0.15) is 12.3 Å². The molecule has 9 heteroatoms. The Morgan fingerprint density at radius 1 is 0.894 bits per heavy atom. The van der Waals surface area contributed by atoms with Crippen LogP contribution in [0.3, 0.4) is 0 Å². The van der Waals surface area contributed by atoms with Gasteiger partial charge in [-0.05, 0) is 72.7 Å². The fourth-order valence-electron chi connectivity index (χ4n) is 6.49. The summed E-state index contributed by atoms with van der Waals surface area (Å²) in [4.78, 5) is 28.6. The number of likely N-dealkylation sites (tertiary alicyclic amines) is 1. The maximum atomic E-state index is 13.5. The van der Waals surface area contributed by atoms with Crippen LogP contribution < -0.4 is 10.6 Å². The fourth-order valence-corrected chi connectivity index (χ4v) is 6.70. The molecule has 0 spiro atoms. The molecule has 0 radical (unpaired) electrons. The predicted molar refractivity (Wildman–Crippen MR) is 181 cm³/mol. The Hall–Kier alpha value is -4.05. The summed E-state index contributed by atoms with van der Waals surface area (Å²) in [7, 11) is 0. The van der Waals surface area contributed by atoms with Crippen LogP contribution in [-0.4, -0.2) is 52.6 Å². The van der Waals surface area contributed by atoms with Gasteiger partial charge in [-0.3, -0.25) is 14.5 Å². The lowest BCUT2D eigenvalue weighted by molar-refractivity contribution is -0.171. The van der Waals surface area contributed by atoms with Gasteiger partial charge in [-0.25, -0.2) is 0 Å². The summed E-state index contributed by atoms with van der Waals surface area (Å²) in [6, 6.07) is 32.7. The number of benzene rings is 4. The van der Waals surface area contributed by atoms with Gasteiger partial charge in [-0.2, -0.15) is 0 Å². The standard InChI is InChI=1S/C38H40ClN3O5/c1-38(2)46-33(34(47-38)37(45)42-21-9-16-32(42)28-11-4-3-5-12-28)36(44)41-23-25-17-19-27(20-18-25)30-14-6-7-15-31(30)35(43)40-24-26-10-8-13-29(39)22-26/h3-8,10-15,17-20,22,32-34,37,45H,9,16,21,23-24H2,1-2H3,(H,40,43)(H,41,44)/t32?,33-,34-,37?/m1/s1. The highest BCUT2D eigenvalue weighted by atomic mass is 35.5. The van der Waals surface area contributed by atoms with Crippen LogP contribution in [0.5, 0.6) is 0 Å². The van der Waals surface area contributed by atoms with Crippen molar-refractivity contribution in [3.05, 3.63) is 130 Å². The van der Waals surface area contributed by atoms with Gasteiger partial charge < -0.3 is 25.2 Å². The zero-order valence-electron chi connectivity index (χ0n) is 26.6. The number of nitrogens with one attached hydrogen (secondary N) is 2. The van der Waals surface area contributed by atoms with E-state index in [1.165, 1.54) is 0 Å². The molecule has 2 aliphatic heterocycles. The SMILES string of the molecule is CC1(C)O[C@@H](C(=O)NCc2ccc(-c3ccccc3C(=O)NCc3cccc(Cl)c3)cc2)[C@H](C(O)N2CCCC2c2ccccc2)O1. The first-order chi connectivity index (χ1) is 22.7. The molecule has 2 aliphatic rings. The van der Waals surface area contributed by atoms with Crippen LogP contribution in [0.2, 0.25) is 5.02 Å². The summed E-state index contributed by atoms with van der Waals surface area (Å²) in [6.45, 7) is 4.84. The van der Waals surface area contributed by atoms with Crippen molar-refractivity contribution in [2.45, 2.75) is 70.0 Å². The van der Waals surface area contributed by atoms with Gasteiger partial charge in [0.15, 0.2) is 11.9 Å². The monoisotopic (exact) mass is 653 g/mol. The summed E-state index contributed by atoms with van der Waals surface area (Å²) in [5.74, 6) is -1.55. The predicted octanol–water partition coefficient (Wildman–Crippen LogP) is 6.23. The number of amides is 2. The van der Waals surface area contributed by atoms with Crippen molar-refractivity contribution in [1.82, 2.24) is 15.5 Å². The molecular formula is C38H40ClN3O5. The minimum absolute atomic E-state index is 0.0416. The van der Waals surface area contributed by atoms with Gasteiger partial charge >= 0.3 is 0 Å². The van der Waals surface area contributed by atoms with Crippen LogP contribution in [0.1, 0.15) is 59.8 Å². The average molecular weight is 654 g/mol. The Bertz CT molecular complexity index is 1700. The number of carbonyl (C=O) groups is 2. The second-order valence-corrected chi connectivity index (χ2v) is 13.0. The summed E-state index contributed by atoms with van der Waals surface area (Å²) < 4.78 is 12.2. The smallest absolute Gasteiger partial charge is 0.252 e. The van der Waals surface area contributed by atoms with Crippen LogP contribution in [0.15, 0.2) is 103 Å². The molecule has 2 heterocycles. The largest absolute Gasteiger partial charge is 0.375 e. The quantitative estimate of drug-likeness (QED) is 0.188. The molecule has 0 aliphatic carbocycles. The number of rotatable bonds is 10. The number of aliphatic hydroxyl groups is 1. The number of aliphatic hydroxyl groups excluding tert-OH is 1. The van der Waals surface area contributed by atoms with Gasteiger partial charge in [0.05, 0.1) is 0 Å². The molecule has 47 heavy (non-hydrogen) atoms. The number of carbonyl (C=O) groups excluding carboxylic acids is 2. The zero-order valence-corrected chi connectivity index (χ0v) is 27.3. The lowest BCUT2D eigenvalue weighted by Gasteiger charge is -2.34. The highest BCUT2D eigenvalue weighted by Gasteiger charge is 2.51. The van der Waals surface area contributed by atoms with Crippen LogP contribution in [0.4, 0.5) is 0 Å². The molecule has 2 fully saturated rings. The second kappa shape index (κ2) is 14.4. The maximum Gasteiger partial charge on any atom is 0.252 e. The molecule has 4 atom stereocenters. The van der Waals surface area contributed by atoms with E-state index in [-0.39, 0.29) is 24.4 Å². The number of ether oxygens (including phenoxy) is 2. The molecule has 2 unspecified atom stereocenters. The van der Waals surface area contributed by atoms with E-state index in [9.17, 15) is 14.7 Å². The number of nitrogens with zero attached hydrogens (tertiary/aromatic N) is 1. The summed E-state index contributed by atoms with van der Waals surface area (Å²) >= 11 is 6.09. The molecule has 4 aromatic carbocycles. The minimum atomic E-state index is -1.02. The van der Waals surface area contributed by atoms with E-state index in [1.807, 2.05) is 83.8 Å². The van der Waals surface area contributed by atoms with Crippen LogP contribution in [0, 0.1) is 0 Å². The normalized spacial score (nSPS) is 21.3. The van der Waals surface area contributed by atoms with Crippen molar-refractivity contribution in [2.24, 2.45) is 0 Å². The van der Waals surface area contributed by atoms with Gasteiger partial charge in [0.25, 0.3) is 11.8 Å². The first-order valence-electron chi connectivity index (χ1n) is 16.0. The molecule has 8 nitrogen and oxygen atoms in total. The third-order valence-electron chi connectivity index (χ3n) is 8.75. The molecular weight excluding hydrogens is 614 g/mol. The topological polar surface area (TPSA) is 100 Å². The van der Waals surface area contributed by atoms with Crippen LogP contribution in [0.25, 0.3) is 11.1 Å². The van der Waals surface area contributed by atoms with E-state index in [0.717, 1.165) is 40.7 Å². The molecule has 0 aromatic heterocycles. The second-order valence-electron chi connectivity index (χ2n) is 12.5. The third kappa shape index (κ3) is 7.75. The first kappa shape index (κ1) is 32.9. The van der Waals surface area contributed by atoms with E-state index >= 15 is 0 Å². The molecule has 0 bridgehead atoms. The molecule has 2 amide bonds. The van der Waals surface area contributed by atoms with E-state index in [4.69, 9.17) is 21.1 Å². The van der Waals surface area contributed by atoms with E-state index in [2.05, 4.69) is 22.8 Å².